The van der Waals surface area contributed by atoms with Crippen LogP contribution in [0.3, 0.4) is 0 Å². The summed E-state index contributed by atoms with van der Waals surface area (Å²) < 4.78 is 0. The van der Waals surface area contributed by atoms with Gasteiger partial charge in [0.05, 0.1) is 23.1 Å². The zero-order valence-electron chi connectivity index (χ0n) is 18.7. The number of nitrogens with zero attached hydrogens (tertiary/aromatic N) is 2. The fourth-order valence-corrected chi connectivity index (χ4v) is 5.20. The number of aromatic nitrogens is 2. The van der Waals surface area contributed by atoms with Crippen LogP contribution < -0.4 is 10.6 Å². The largest absolute Gasteiger partial charge is 0.323 e. The minimum absolute atomic E-state index is 0.367. The highest BCUT2D eigenvalue weighted by molar-refractivity contribution is 7.99. The molecule has 0 fully saturated rings. The Hall–Kier alpha value is -2.74. The number of anilines is 2. The van der Waals surface area contributed by atoms with Crippen LogP contribution in [-0.4, -0.2) is 28.5 Å². The lowest BCUT2D eigenvalue weighted by Crippen LogP contribution is -2.21. The molecule has 0 radical (unpaired) electrons. The summed E-state index contributed by atoms with van der Waals surface area (Å²) in [7, 11) is 0. The lowest BCUT2D eigenvalue weighted by atomic mass is 9.98. The molecule has 0 unspecified atom stereocenters. The quantitative estimate of drug-likeness (QED) is 0.279. The Kier molecular flexibility index (Phi) is 7.12. The molecule has 33 heavy (non-hydrogen) atoms. The molecule has 0 saturated heterocycles. The predicted molar refractivity (Wildman–Crippen MR) is 142 cm³/mol. The van der Waals surface area contributed by atoms with Crippen molar-refractivity contribution in [3.05, 3.63) is 71.0 Å². The number of halogens is 1. The monoisotopic (exact) mass is 494 g/mol. The number of carbonyl (C=O) groups is 1. The van der Waals surface area contributed by atoms with Crippen LogP contribution in [0.2, 0.25) is 5.02 Å². The van der Waals surface area contributed by atoms with E-state index in [1.54, 1.807) is 18.0 Å². The number of aryl methyl sites for hydroxylation is 2. The summed E-state index contributed by atoms with van der Waals surface area (Å²) in [4.78, 5) is 23.2. The van der Waals surface area contributed by atoms with E-state index in [2.05, 4.69) is 26.7 Å². The number of hydrogen-bond acceptors (Lipinski definition) is 5. The number of amides is 2. The Bertz CT molecular complexity index is 1330. The molecule has 2 heterocycles. The Balaban J connectivity index is 1.78. The van der Waals surface area contributed by atoms with Gasteiger partial charge in [-0.2, -0.15) is 0 Å². The SMILES string of the molecule is CSc1cc(C)nc(SC)c1NC(=O)Nc1cnc2ccc(C)cc2c1-c1ccccc1Cl. The Morgan fingerprint density at radius 2 is 1.79 bits per heavy atom. The van der Waals surface area contributed by atoms with Gasteiger partial charge in [0.25, 0.3) is 0 Å². The molecular formula is C25H23ClN4OS2. The van der Waals surface area contributed by atoms with Gasteiger partial charge in [-0.15, -0.1) is 23.5 Å². The van der Waals surface area contributed by atoms with Crippen LogP contribution in [0.15, 0.2) is 64.6 Å². The first-order chi connectivity index (χ1) is 15.9. The molecule has 0 bridgehead atoms. The second-order valence-corrected chi connectivity index (χ2v) is 9.53. The Morgan fingerprint density at radius 1 is 1.00 bits per heavy atom. The minimum atomic E-state index is -0.367. The first-order valence-electron chi connectivity index (χ1n) is 10.2. The summed E-state index contributed by atoms with van der Waals surface area (Å²) in [5, 5.41) is 8.29. The number of benzene rings is 2. The maximum Gasteiger partial charge on any atom is 0.323 e. The molecule has 0 aliphatic carbocycles. The van der Waals surface area contributed by atoms with Gasteiger partial charge < -0.3 is 10.6 Å². The second kappa shape index (κ2) is 10.0. The van der Waals surface area contributed by atoms with Gasteiger partial charge in [0, 0.05) is 32.1 Å². The van der Waals surface area contributed by atoms with Crippen LogP contribution in [0, 0.1) is 13.8 Å². The summed E-state index contributed by atoms with van der Waals surface area (Å²) in [5.74, 6) is 0. The second-order valence-electron chi connectivity index (χ2n) is 7.48. The first kappa shape index (κ1) is 23.4. The summed E-state index contributed by atoms with van der Waals surface area (Å²) >= 11 is 9.63. The van der Waals surface area contributed by atoms with Crippen LogP contribution in [0.5, 0.6) is 0 Å². The molecule has 4 aromatic rings. The topological polar surface area (TPSA) is 66.9 Å². The molecule has 2 aromatic heterocycles. The van der Waals surface area contributed by atoms with E-state index in [9.17, 15) is 4.79 Å². The third-order valence-corrected chi connectivity index (χ3v) is 6.92. The Labute approximate surface area is 206 Å². The van der Waals surface area contributed by atoms with E-state index in [0.29, 0.717) is 16.4 Å². The van der Waals surface area contributed by atoms with Crippen molar-refractivity contribution in [2.75, 3.05) is 23.1 Å². The van der Waals surface area contributed by atoms with Crippen molar-refractivity contribution in [2.45, 2.75) is 23.8 Å². The highest BCUT2D eigenvalue weighted by Gasteiger charge is 2.18. The fraction of sp³-hybridized carbons (Fsp3) is 0.160. The summed E-state index contributed by atoms with van der Waals surface area (Å²) in [6.07, 6.45) is 5.60. The molecular weight excluding hydrogens is 472 g/mol. The molecule has 0 spiro atoms. The number of thioether (sulfide) groups is 2. The molecule has 2 N–H and O–H groups in total. The van der Waals surface area contributed by atoms with E-state index >= 15 is 0 Å². The molecule has 8 heteroatoms. The van der Waals surface area contributed by atoms with E-state index in [1.807, 2.05) is 68.8 Å². The lowest BCUT2D eigenvalue weighted by molar-refractivity contribution is 0.262. The zero-order chi connectivity index (χ0) is 23.5. The summed E-state index contributed by atoms with van der Waals surface area (Å²) in [5.41, 5.74) is 5.78. The van der Waals surface area contributed by atoms with Crippen molar-refractivity contribution < 1.29 is 4.79 Å². The fourth-order valence-electron chi connectivity index (χ4n) is 3.66. The standard InChI is InChI=1S/C25H23ClN4OS2/c1-14-9-10-19-17(11-14)22(16-7-5-6-8-18(16)26)20(13-27-19)29-25(31)30-23-21(32-3)12-15(2)28-24(23)33-4/h5-13H,1-4H3,(H2,29,30,31). The molecule has 2 aromatic carbocycles. The number of urea groups is 1. The van der Waals surface area contributed by atoms with Crippen LogP contribution in [0.25, 0.3) is 22.0 Å². The van der Waals surface area contributed by atoms with Gasteiger partial charge >= 0.3 is 6.03 Å². The van der Waals surface area contributed by atoms with Crippen LogP contribution in [-0.2, 0) is 0 Å². The van der Waals surface area contributed by atoms with Crippen molar-refractivity contribution in [3.63, 3.8) is 0 Å². The predicted octanol–water partition coefficient (Wildman–Crippen LogP) is 7.65. The molecule has 0 aliphatic heterocycles. The van der Waals surface area contributed by atoms with E-state index < -0.39 is 0 Å². The van der Waals surface area contributed by atoms with Crippen molar-refractivity contribution in [2.24, 2.45) is 0 Å². The highest BCUT2D eigenvalue weighted by Crippen LogP contribution is 2.39. The van der Waals surface area contributed by atoms with Crippen molar-refractivity contribution in [3.8, 4) is 11.1 Å². The zero-order valence-corrected chi connectivity index (χ0v) is 21.1. The molecule has 2 amide bonds. The van der Waals surface area contributed by atoms with Gasteiger partial charge in [0.15, 0.2) is 0 Å². The number of pyridine rings is 2. The summed E-state index contributed by atoms with van der Waals surface area (Å²) in [6.45, 7) is 3.98. The lowest BCUT2D eigenvalue weighted by Gasteiger charge is -2.17. The van der Waals surface area contributed by atoms with Crippen molar-refractivity contribution in [1.82, 2.24) is 9.97 Å². The normalized spacial score (nSPS) is 10.9. The van der Waals surface area contributed by atoms with Gasteiger partial charge in [-0.05, 0) is 50.6 Å². The number of rotatable bonds is 5. The highest BCUT2D eigenvalue weighted by atomic mass is 35.5. The number of hydrogen-bond donors (Lipinski definition) is 2. The van der Waals surface area contributed by atoms with Gasteiger partial charge in [-0.3, -0.25) is 4.98 Å². The van der Waals surface area contributed by atoms with Crippen molar-refractivity contribution in [1.29, 1.82) is 0 Å². The molecule has 0 aliphatic rings. The number of carbonyl (C=O) groups excluding carboxylic acids is 1. The number of nitrogens with one attached hydrogen (secondary N) is 2. The molecule has 0 atom stereocenters. The third-order valence-electron chi connectivity index (χ3n) is 5.14. The molecule has 5 nitrogen and oxygen atoms in total. The third kappa shape index (κ3) is 4.95. The van der Waals surface area contributed by atoms with Gasteiger partial charge in [0.2, 0.25) is 0 Å². The van der Waals surface area contributed by atoms with Crippen molar-refractivity contribution >= 4 is 63.4 Å². The van der Waals surface area contributed by atoms with E-state index in [-0.39, 0.29) is 6.03 Å². The van der Waals surface area contributed by atoms with Gasteiger partial charge in [0.1, 0.15) is 5.03 Å². The maximum absolute atomic E-state index is 13.1. The first-order valence-corrected chi connectivity index (χ1v) is 13.1. The maximum atomic E-state index is 13.1. The smallest absolute Gasteiger partial charge is 0.306 e. The van der Waals surface area contributed by atoms with Gasteiger partial charge in [-0.1, -0.05) is 41.4 Å². The van der Waals surface area contributed by atoms with Crippen LogP contribution >= 0.6 is 35.1 Å². The van der Waals surface area contributed by atoms with Crippen LogP contribution in [0.4, 0.5) is 16.2 Å². The average Bonchev–Trinajstić information content (AvgIpc) is 2.80. The minimum Gasteiger partial charge on any atom is -0.306 e. The summed E-state index contributed by atoms with van der Waals surface area (Å²) in [6, 6.07) is 15.3. The van der Waals surface area contributed by atoms with E-state index in [1.165, 1.54) is 11.8 Å². The van der Waals surface area contributed by atoms with E-state index in [0.717, 1.165) is 43.2 Å². The molecule has 168 valence electrons. The van der Waals surface area contributed by atoms with Gasteiger partial charge in [-0.25, -0.2) is 9.78 Å². The number of fused-ring (bicyclic) bond motifs is 1. The Morgan fingerprint density at radius 3 is 2.52 bits per heavy atom. The van der Waals surface area contributed by atoms with E-state index in [4.69, 9.17) is 11.6 Å². The molecule has 0 saturated carbocycles. The van der Waals surface area contributed by atoms with Crippen LogP contribution in [0.1, 0.15) is 11.3 Å². The average molecular weight is 495 g/mol. The molecule has 4 rings (SSSR count).